The Labute approximate surface area is 104 Å². The molecule has 2 fully saturated rings. The molecule has 2 saturated carbocycles. The second-order valence-corrected chi connectivity index (χ2v) is 6.39. The van der Waals surface area contributed by atoms with Gasteiger partial charge in [-0.05, 0) is 36.5 Å². The SMILES string of the molecule is CC1(CNCC2(CC(N)=NO)CC2)CCCC1. The average molecular weight is 239 g/mol. The zero-order valence-electron chi connectivity index (χ0n) is 10.8. The van der Waals surface area contributed by atoms with E-state index in [-0.39, 0.29) is 5.41 Å². The summed E-state index contributed by atoms with van der Waals surface area (Å²) >= 11 is 0. The summed E-state index contributed by atoms with van der Waals surface area (Å²) in [6.07, 6.45) is 8.61. The first-order valence-electron chi connectivity index (χ1n) is 6.75. The molecule has 2 aliphatic carbocycles. The van der Waals surface area contributed by atoms with E-state index in [1.54, 1.807) is 0 Å². The van der Waals surface area contributed by atoms with Crippen molar-refractivity contribution in [1.29, 1.82) is 0 Å². The molecule has 0 spiro atoms. The Kier molecular flexibility index (Phi) is 3.61. The summed E-state index contributed by atoms with van der Waals surface area (Å²) in [7, 11) is 0. The van der Waals surface area contributed by atoms with Crippen molar-refractivity contribution in [2.45, 2.75) is 51.9 Å². The molecular weight excluding hydrogens is 214 g/mol. The summed E-state index contributed by atoms with van der Waals surface area (Å²) in [5.74, 6) is 0.372. The zero-order valence-corrected chi connectivity index (χ0v) is 10.8. The second kappa shape index (κ2) is 4.84. The van der Waals surface area contributed by atoms with E-state index in [2.05, 4.69) is 17.4 Å². The van der Waals surface area contributed by atoms with Gasteiger partial charge in [0.15, 0.2) is 0 Å². The van der Waals surface area contributed by atoms with Gasteiger partial charge in [-0.3, -0.25) is 0 Å². The minimum Gasteiger partial charge on any atom is -0.409 e. The fourth-order valence-electron chi connectivity index (χ4n) is 3.05. The first-order chi connectivity index (χ1) is 8.08. The summed E-state index contributed by atoms with van der Waals surface area (Å²) in [4.78, 5) is 0. The van der Waals surface area contributed by atoms with Crippen LogP contribution in [-0.4, -0.2) is 24.1 Å². The lowest BCUT2D eigenvalue weighted by molar-refractivity contribution is 0.297. The van der Waals surface area contributed by atoms with Gasteiger partial charge in [-0.1, -0.05) is 24.9 Å². The maximum absolute atomic E-state index is 8.61. The van der Waals surface area contributed by atoms with Gasteiger partial charge in [-0.2, -0.15) is 0 Å². The minimum absolute atomic E-state index is 0.283. The van der Waals surface area contributed by atoms with E-state index in [1.807, 2.05) is 0 Å². The lowest BCUT2D eigenvalue weighted by Gasteiger charge is -2.25. The highest BCUT2D eigenvalue weighted by Gasteiger charge is 2.43. The molecule has 17 heavy (non-hydrogen) atoms. The molecule has 2 aliphatic rings. The third kappa shape index (κ3) is 3.35. The highest BCUT2D eigenvalue weighted by atomic mass is 16.4. The van der Waals surface area contributed by atoms with Crippen molar-refractivity contribution >= 4 is 5.84 Å². The lowest BCUT2D eigenvalue weighted by Crippen LogP contribution is -2.35. The molecule has 0 bridgehead atoms. The Hall–Kier alpha value is -0.770. The molecule has 4 N–H and O–H groups in total. The van der Waals surface area contributed by atoms with Crippen LogP contribution in [0.25, 0.3) is 0 Å². The molecule has 4 heteroatoms. The number of nitrogens with two attached hydrogens (primary N) is 1. The molecule has 2 rings (SSSR count). The van der Waals surface area contributed by atoms with Crippen molar-refractivity contribution < 1.29 is 5.21 Å². The van der Waals surface area contributed by atoms with Gasteiger partial charge in [-0.15, -0.1) is 0 Å². The Balaban J connectivity index is 1.71. The van der Waals surface area contributed by atoms with Gasteiger partial charge in [0.25, 0.3) is 0 Å². The first-order valence-corrected chi connectivity index (χ1v) is 6.75. The summed E-state index contributed by atoms with van der Waals surface area (Å²) in [5.41, 5.74) is 6.38. The zero-order chi connectivity index (χ0) is 12.4. The van der Waals surface area contributed by atoms with Crippen LogP contribution in [-0.2, 0) is 0 Å². The fraction of sp³-hybridized carbons (Fsp3) is 0.923. The number of amidine groups is 1. The molecule has 0 aliphatic heterocycles. The number of hydrogen-bond donors (Lipinski definition) is 3. The van der Waals surface area contributed by atoms with Gasteiger partial charge in [0.1, 0.15) is 5.84 Å². The number of nitrogens with zero attached hydrogens (tertiary/aromatic N) is 1. The van der Waals surface area contributed by atoms with Crippen LogP contribution in [0.15, 0.2) is 5.16 Å². The van der Waals surface area contributed by atoms with E-state index in [9.17, 15) is 0 Å². The maximum Gasteiger partial charge on any atom is 0.139 e. The highest BCUT2D eigenvalue weighted by Crippen LogP contribution is 2.48. The largest absolute Gasteiger partial charge is 0.409 e. The molecule has 0 saturated heterocycles. The van der Waals surface area contributed by atoms with Crippen molar-refractivity contribution in [1.82, 2.24) is 5.32 Å². The number of oxime groups is 1. The van der Waals surface area contributed by atoms with Crippen molar-refractivity contribution in [3.63, 3.8) is 0 Å². The average Bonchev–Trinajstić information content (AvgIpc) is 2.91. The molecule has 0 aromatic rings. The van der Waals surface area contributed by atoms with Gasteiger partial charge in [0.05, 0.1) is 0 Å². The molecule has 0 aromatic heterocycles. The predicted octanol–water partition coefficient (Wildman–Crippen LogP) is 2.07. The molecule has 0 unspecified atom stereocenters. The smallest absolute Gasteiger partial charge is 0.139 e. The van der Waals surface area contributed by atoms with E-state index in [4.69, 9.17) is 10.9 Å². The molecule has 98 valence electrons. The molecule has 4 nitrogen and oxygen atoms in total. The van der Waals surface area contributed by atoms with Crippen LogP contribution in [0, 0.1) is 10.8 Å². The van der Waals surface area contributed by atoms with Gasteiger partial charge in [0, 0.05) is 19.5 Å². The molecule has 0 aromatic carbocycles. The van der Waals surface area contributed by atoms with Crippen molar-refractivity contribution in [3.05, 3.63) is 0 Å². The van der Waals surface area contributed by atoms with Crippen LogP contribution in [0.5, 0.6) is 0 Å². The predicted molar refractivity (Wildman–Crippen MR) is 69.1 cm³/mol. The van der Waals surface area contributed by atoms with E-state index in [1.165, 1.54) is 38.5 Å². The van der Waals surface area contributed by atoms with Crippen LogP contribution >= 0.6 is 0 Å². The van der Waals surface area contributed by atoms with Gasteiger partial charge >= 0.3 is 0 Å². The van der Waals surface area contributed by atoms with Gasteiger partial charge in [0.2, 0.25) is 0 Å². The Morgan fingerprint density at radius 1 is 1.24 bits per heavy atom. The van der Waals surface area contributed by atoms with E-state index in [0.29, 0.717) is 11.3 Å². The Morgan fingerprint density at radius 2 is 1.88 bits per heavy atom. The topological polar surface area (TPSA) is 70.6 Å². The summed E-state index contributed by atoms with van der Waals surface area (Å²) in [6, 6.07) is 0. The first kappa shape index (κ1) is 12.7. The third-order valence-corrected chi connectivity index (χ3v) is 4.50. The quantitative estimate of drug-likeness (QED) is 0.287. The lowest BCUT2D eigenvalue weighted by atomic mass is 9.88. The number of hydrogen-bond acceptors (Lipinski definition) is 3. The third-order valence-electron chi connectivity index (χ3n) is 4.50. The number of rotatable bonds is 6. The standard InChI is InChI=1S/C13H25N3O/c1-12(4-2-3-5-12)9-15-10-13(6-7-13)8-11(14)16-17/h15,17H,2-10H2,1H3,(H2,14,16). The summed E-state index contributed by atoms with van der Waals surface area (Å²) in [6.45, 7) is 4.51. The minimum atomic E-state index is 0.283. The second-order valence-electron chi connectivity index (χ2n) is 6.39. The highest BCUT2D eigenvalue weighted by molar-refractivity contribution is 5.80. The van der Waals surface area contributed by atoms with Crippen molar-refractivity contribution in [2.24, 2.45) is 21.7 Å². The van der Waals surface area contributed by atoms with Crippen LogP contribution in [0.2, 0.25) is 0 Å². The summed E-state index contributed by atoms with van der Waals surface area (Å²) < 4.78 is 0. The van der Waals surface area contributed by atoms with Crippen molar-refractivity contribution in [3.8, 4) is 0 Å². The summed E-state index contributed by atoms with van der Waals surface area (Å²) in [5, 5.41) is 15.3. The van der Waals surface area contributed by atoms with E-state index < -0.39 is 0 Å². The normalized spacial score (nSPS) is 26.1. The van der Waals surface area contributed by atoms with Crippen LogP contribution in [0.4, 0.5) is 0 Å². The molecule has 0 heterocycles. The van der Waals surface area contributed by atoms with Gasteiger partial charge in [-0.25, -0.2) is 0 Å². The van der Waals surface area contributed by atoms with E-state index in [0.717, 1.165) is 19.5 Å². The van der Waals surface area contributed by atoms with Gasteiger partial charge < -0.3 is 16.3 Å². The molecule has 0 atom stereocenters. The van der Waals surface area contributed by atoms with Crippen LogP contribution in [0.3, 0.4) is 0 Å². The Bertz CT molecular complexity index is 291. The number of nitrogens with one attached hydrogen (secondary N) is 1. The molecule has 0 amide bonds. The Morgan fingerprint density at radius 3 is 2.41 bits per heavy atom. The molecular formula is C13H25N3O. The van der Waals surface area contributed by atoms with Crippen LogP contribution < -0.4 is 11.1 Å². The van der Waals surface area contributed by atoms with Crippen LogP contribution in [0.1, 0.15) is 51.9 Å². The van der Waals surface area contributed by atoms with Crippen molar-refractivity contribution in [2.75, 3.05) is 13.1 Å². The monoisotopic (exact) mass is 239 g/mol. The maximum atomic E-state index is 8.61. The molecule has 0 radical (unpaired) electrons. The van der Waals surface area contributed by atoms with E-state index >= 15 is 0 Å². The fourth-order valence-corrected chi connectivity index (χ4v) is 3.05.